The highest BCUT2D eigenvalue weighted by Crippen LogP contribution is 2.22. The van der Waals surface area contributed by atoms with Crippen LogP contribution < -0.4 is 16.2 Å². The summed E-state index contributed by atoms with van der Waals surface area (Å²) in [6.07, 6.45) is 1.89. The quantitative estimate of drug-likeness (QED) is 0.500. The monoisotopic (exact) mass is 408 g/mol. The second-order valence-corrected chi connectivity index (χ2v) is 7.91. The maximum absolute atomic E-state index is 13.1. The summed E-state index contributed by atoms with van der Waals surface area (Å²) in [5.74, 6) is -0.472. The molecular formula is C21H20N4O3S. The molecule has 8 heteroatoms. The minimum Gasteiger partial charge on any atom is -0.335 e. The normalized spacial score (nSPS) is 13.3. The number of aryl methyl sites for hydroxylation is 1. The number of nitrogens with one attached hydrogen (secondary N) is 2. The number of benzene rings is 2. The van der Waals surface area contributed by atoms with Crippen LogP contribution in [0.25, 0.3) is 16.6 Å². The number of nitrogens with zero attached hydrogens (tertiary/aromatic N) is 2. The number of carbonyl (C=O) groups is 2. The molecule has 29 heavy (non-hydrogen) atoms. The molecule has 148 valence electrons. The molecular weight excluding hydrogens is 388 g/mol. The van der Waals surface area contributed by atoms with Crippen molar-refractivity contribution in [2.75, 3.05) is 5.75 Å². The van der Waals surface area contributed by atoms with Crippen molar-refractivity contribution in [3.05, 3.63) is 64.4 Å². The van der Waals surface area contributed by atoms with Gasteiger partial charge in [-0.25, -0.2) is 9.78 Å². The van der Waals surface area contributed by atoms with Gasteiger partial charge in [-0.15, -0.1) is 0 Å². The van der Waals surface area contributed by atoms with Gasteiger partial charge in [0, 0.05) is 6.04 Å². The highest BCUT2D eigenvalue weighted by Gasteiger charge is 2.24. The van der Waals surface area contributed by atoms with E-state index >= 15 is 0 Å². The Morgan fingerprint density at radius 3 is 2.59 bits per heavy atom. The number of urea groups is 1. The van der Waals surface area contributed by atoms with E-state index in [1.807, 2.05) is 37.3 Å². The smallest absolute Gasteiger partial charge is 0.321 e. The van der Waals surface area contributed by atoms with Crippen LogP contribution in [0.2, 0.25) is 0 Å². The number of fused-ring (bicyclic) bond motifs is 1. The molecule has 2 N–H and O–H groups in total. The van der Waals surface area contributed by atoms with Crippen LogP contribution in [0.3, 0.4) is 0 Å². The molecule has 0 saturated heterocycles. The van der Waals surface area contributed by atoms with Crippen LogP contribution in [0.5, 0.6) is 0 Å². The Labute approximate surface area is 171 Å². The fourth-order valence-electron chi connectivity index (χ4n) is 2.87. The molecule has 0 bridgehead atoms. The zero-order valence-corrected chi connectivity index (χ0v) is 16.7. The molecule has 0 radical (unpaired) electrons. The van der Waals surface area contributed by atoms with Crippen LogP contribution in [0, 0.1) is 6.92 Å². The van der Waals surface area contributed by atoms with E-state index in [9.17, 15) is 14.4 Å². The lowest BCUT2D eigenvalue weighted by molar-refractivity contribution is -0.117. The molecule has 1 aliphatic carbocycles. The summed E-state index contributed by atoms with van der Waals surface area (Å²) in [6, 6.07) is 14.3. The molecule has 4 rings (SSSR count). The fourth-order valence-corrected chi connectivity index (χ4v) is 3.69. The number of hydrogen-bond acceptors (Lipinski definition) is 5. The van der Waals surface area contributed by atoms with Crippen molar-refractivity contribution in [1.29, 1.82) is 0 Å². The standard InChI is InChI=1S/C21H20N4O3S/c1-13-6-10-15(11-7-13)25-19(27)16-4-2-3-5-17(16)23-21(25)29-12-18(26)24-20(28)22-14-8-9-14/h2-7,10-11,14H,8-9,12H2,1H3,(H2,22,24,26,28). The third-order valence-electron chi connectivity index (χ3n) is 4.53. The minimum absolute atomic E-state index is 0.0330. The number of amides is 3. The average Bonchev–Trinajstić information content (AvgIpc) is 3.51. The predicted molar refractivity (Wildman–Crippen MR) is 112 cm³/mol. The third-order valence-corrected chi connectivity index (χ3v) is 5.47. The van der Waals surface area contributed by atoms with Crippen LogP contribution in [0.4, 0.5) is 4.79 Å². The first-order valence-corrected chi connectivity index (χ1v) is 10.3. The lowest BCUT2D eigenvalue weighted by Crippen LogP contribution is -2.41. The van der Waals surface area contributed by atoms with Gasteiger partial charge in [0.05, 0.1) is 22.3 Å². The van der Waals surface area contributed by atoms with E-state index in [-0.39, 0.29) is 17.4 Å². The number of para-hydroxylation sites is 1. The van der Waals surface area contributed by atoms with E-state index in [1.165, 1.54) is 4.57 Å². The van der Waals surface area contributed by atoms with Gasteiger partial charge >= 0.3 is 6.03 Å². The molecule has 1 aromatic heterocycles. The van der Waals surface area contributed by atoms with Gasteiger partial charge in [0.25, 0.3) is 5.56 Å². The van der Waals surface area contributed by atoms with Gasteiger partial charge in [0.15, 0.2) is 5.16 Å². The molecule has 0 atom stereocenters. The van der Waals surface area contributed by atoms with Crippen molar-refractivity contribution in [2.45, 2.75) is 31.0 Å². The van der Waals surface area contributed by atoms with Gasteiger partial charge < -0.3 is 5.32 Å². The topological polar surface area (TPSA) is 93.1 Å². The molecule has 7 nitrogen and oxygen atoms in total. The largest absolute Gasteiger partial charge is 0.335 e. The zero-order chi connectivity index (χ0) is 20.4. The maximum atomic E-state index is 13.1. The summed E-state index contributed by atoms with van der Waals surface area (Å²) in [5.41, 5.74) is 2.11. The number of rotatable bonds is 5. The molecule has 2 aromatic carbocycles. The Kier molecular flexibility index (Phi) is 5.35. The van der Waals surface area contributed by atoms with Gasteiger partial charge in [0.2, 0.25) is 5.91 Å². The number of imide groups is 1. The lowest BCUT2D eigenvalue weighted by Gasteiger charge is -2.13. The highest BCUT2D eigenvalue weighted by atomic mass is 32.2. The Morgan fingerprint density at radius 1 is 1.14 bits per heavy atom. The van der Waals surface area contributed by atoms with E-state index < -0.39 is 11.9 Å². The number of hydrogen-bond donors (Lipinski definition) is 2. The van der Waals surface area contributed by atoms with Crippen LogP contribution in [-0.2, 0) is 4.79 Å². The molecule has 0 aliphatic heterocycles. The minimum atomic E-state index is -0.486. The van der Waals surface area contributed by atoms with Crippen molar-refractivity contribution in [1.82, 2.24) is 20.2 Å². The van der Waals surface area contributed by atoms with Crippen LogP contribution in [0.1, 0.15) is 18.4 Å². The molecule has 1 fully saturated rings. The van der Waals surface area contributed by atoms with E-state index in [2.05, 4.69) is 15.6 Å². The summed E-state index contributed by atoms with van der Waals surface area (Å²) in [4.78, 5) is 41.6. The van der Waals surface area contributed by atoms with Crippen molar-refractivity contribution in [3.63, 3.8) is 0 Å². The number of thioether (sulfide) groups is 1. The summed E-state index contributed by atoms with van der Waals surface area (Å²) >= 11 is 1.12. The van der Waals surface area contributed by atoms with Gasteiger partial charge in [-0.2, -0.15) is 0 Å². The second kappa shape index (κ2) is 8.08. The number of carbonyl (C=O) groups excluding carboxylic acids is 2. The molecule has 1 saturated carbocycles. The molecule has 0 unspecified atom stereocenters. The Balaban J connectivity index is 1.62. The molecule has 1 heterocycles. The summed E-state index contributed by atoms with van der Waals surface area (Å²) in [7, 11) is 0. The van der Waals surface area contributed by atoms with Crippen LogP contribution in [0.15, 0.2) is 58.5 Å². The molecule has 1 aliphatic rings. The predicted octanol–water partition coefficient (Wildman–Crippen LogP) is 2.77. The Morgan fingerprint density at radius 2 is 1.86 bits per heavy atom. The van der Waals surface area contributed by atoms with E-state index in [4.69, 9.17) is 0 Å². The summed E-state index contributed by atoms with van der Waals surface area (Å²) < 4.78 is 1.50. The fraction of sp³-hybridized carbons (Fsp3) is 0.238. The average molecular weight is 408 g/mol. The second-order valence-electron chi connectivity index (χ2n) is 6.97. The number of aromatic nitrogens is 2. The van der Waals surface area contributed by atoms with E-state index in [0.717, 1.165) is 30.2 Å². The highest BCUT2D eigenvalue weighted by molar-refractivity contribution is 7.99. The van der Waals surface area contributed by atoms with Crippen molar-refractivity contribution in [2.24, 2.45) is 0 Å². The van der Waals surface area contributed by atoms with E-state index in [1.54, 1.807) is 18.2 Å². The van der Waals surface area contributed by atoms with Gasteiger partial charge in [-0.05, 0) is 44.0 Å². The Bertz CT molecular complexity index is 1140. The van der Waals surface area contributed by atoms with Crippen LogP contribution in [-0.4, -0.2) is 33.3 Å². The van der Waals surface area contributed by atoms with Gasteiger partial charge in [-0.3, -0.25) is 19.5 Å². The molecule has 3 amide bonds. The summed E-state index contributed by atoms with van der Waals surface area (Å²) in [5, 5.41) is 5.93. The van der Waals surface area contributed by atoms with Crippen molar-refractivity contribution in [3.8, 4) is 5.69 Å². The first-order chi connectivity index (χ1) is 14.0. The summed E-state index contributed by atoms with van der Waals surface area (Å²) in [6.45, 7) is 1.97. The molecule has 3 aromatic rings. The first kappa shape index (κ1) is 19.2. The first-order valence-electron chi connectivity index (χ1n) is 9.33. The van der Waals surface area contributed by atoms with Gasteiger partial charge in [-0.1, -0.05) is 41.6 Å². The van der Waals surface area contributed by atoms with Gasteiger partial charge in [0.1, 0.15) is 0 Å². The third kappa shape index (κ3) is 4.48. The molecule has 0 spiro atoms. The lowest BCUT2D eigenvalue weighted by atomic mass is 10.2. The van der Waals surface area contributed by atoms with Crippen molar-refractivity contribution >= 4 is 34.6 Å². The zero-order valence-electron chi connectivity index (χ0n) is 15.8. The van der Waals surface area contributed by atoms with Crippen LogP contribution >= 0.6 is 11.8 Å². The van der Waals surface area contributed by atoms with E-state index in [0.29, 0.717) is 21.7 Å². The Hall–Kier alpha value is -3.13. The maximum Gasteiger partial charge on any atom is 0.321 e. The SMILES string of the molecule is Cc1ccc(-n2c(SCC(=O)NC(=O)NC3CC3)nc3ccccc3c2=O)cc1. The van der Waals surface area contributed by atoms with Crippen molar-refractivity contribution < 1.29 is 9.59 Å².